The zero-order valence-corrected chi connectivity index (χ0v) is 17.8. The molecule has 5 aromatic rings. The van der Waals surface area contributed by atoms with Gasteiger partial charge < -0.3 is 5.32 Å². The molecule has 148 valence electrons. The van der Waals surface area contributed by atoms with Gasteiger partial charge in [0.2, 0.25) is 0 Å². The predicted molar refractivity (Wildman–Crippen MR) is 117 cm³/mol. The first-order chi connectivity index (χ1) is 14.5. The smallest absolute Gasteiger partial charge is 0.276 e. The Labute approximate surface area is 179 Å². The fourth-order valence-electron chi connectivity index (χ4n) is 3.39. The van der Waals surface area contributed by atoms with Crippen molar-refractivity contribution >= 4 is 44.1 Å². The molecule has 9 heteroatoms. The molecule has 1 amide bonds. The lowest BCUT2D eigenvalue weighted by Crippen LogP contribution is -2.13. The molecule has 30 heavy (non-hydrogen) atoms. The summed E-state index contributed by atoms with van der Waals surface area (Å²) < 4.78 is 4.37. The quantitative estimate of drug-likeness (QED) is 0.438. The monoisotopic (exact) mass is 461 g/mol. The van der Waals surface area contributed by atoms with Crippen LogP contribution in [0.5, 0.6) is 0 Å². The number of rotatable bonds is 3. The number of benzene rings is 1. The highest BCUT2D eigenvalue weighted by Gasteiger charge is 2.17. The molecule has 0 spiro atoms. The first kappa shape index (κ1) is 18.4. The minimum atomic E-state index is -0.330. The van der Waals surface area contributed by atoms with Crippen molar-refractivity contribution in [2.75, 3.05) is 5.32 Å². The molecule has 4 aromatic heterocycles. The van der Waals surface area contributed by atoms with Crippen molar-refractivity contribution in [3.8, 4) is 11.3 Å². The van der Waals surface area contributed by atoms with E-state index < -0.39 is 0 Å². The number of halogens is 1. The van der Waals surface area contributed by atoms with Gasteiger partial charge in [-0.3, -0.25) is 14.5 Å². The highest BCUT2D eigenvalue weighted by atomic mass is 79.9. The number of aromatic nitrogens is 6. The Hall–Kier alpha value is -3.59. The van der Waals surface area contributed by atoms with E-state index in [1.807, 2.05) is 44.3 Å². The molecular formula is C21H16BrN7O. The fraction of sp³-hybridized carbons (Fsp3) is 0.0952. The van der Waals surface area contributed by atoms with Crippen molar-refractivity contribution < 1.29 is 4.79 Å². The Kier molecular flexibility index (Phi) is 4.32. The van der Waals surface area contributed by atoms with Gasteiger partial charge in [0.25, 0.3) is 5.91 Å². The zero-order chi connectivity index (χ0) is 20.8. The SMILES string of the molecule is Cc1c(-c2ccnc3cc(C(=O)Nc4ccc(Br)c5cccnc45)nn23)cnn1C. The van der Waals surface area contributed by atoms with E-state index in [1.54, 1.807) is 33.9 Å². The summed E-state index contributed by atoms with van der Waals surface area (Å²) in [4.78, 5) is 21.7. The molecule has 0 radical (unpaired) electrons. The Morgan fingerprint density at radius 3 is 2.80 bits per heavy atom. The Morgan fingerprint density at radius 2 is 2.00 bits per heavy atom. The number of fused-ring (bicyclic) bond motifs is 2. The van der Waals surface area contributed by atoms with Crippen LogP contribution in [-0.4, -0.2) is 35.3 Å². The van der Waals surface area contributed by atoms with Gasteiger partial charge in [0.15, 0.2) is 11.3 Å². The molecule has 0 fully saturated rings. The summed E-state index contributed by atoms with van der Waals surface area (Å²) in [6.07, 6.45) is 5.18. The van der Waals surface area contributed by atoms with E-state index >= 15 is 0 Å². The molecule has 5 rings (SSSR count). The molecule has 1 N–H and O–H groups in total. The minimum absolute atomic E-state index is 0.267. The van der Waals surface area contributed by atoms with Crippen LogP contribution in [-0.2, 0) is 7.05 Å². The molecule has 0 atom stereocenters. The van der Waals surface area contributed by atoms with Crippen LogP contribution in [0, 0.1) is 6.92 Å². The fourth-order valence-corrected chi connectivity index (χ4v) is 3.84. The summed E-state index contributed by atoms with van der Waals surface area (Å²) >= 11 is 3.52. The third-order valence-electron chi connectivity index (χ3n) is 5.07. The van der Waals surface area contributed by atoms with Crippen molar-refractivity contribution in [3.05, 3.63) is 70.8 Å². The zero-order valence-electron chi connectivity index (χ0n) is 16.2. The number of carbonyl (C=O) groups is 1. The standard InChI is InChI=1S/C21H16BrN7O/c1-12-14(11-25-28(12)2)18-7-9-23-19-10-17(27-29(18)19)21(30)26-16-6-5-15(22)13-4-3-8-24-20(13)16/h3-11H,1-2H3,(H,26,30). The highest BCUT2D eigenvalue weighted by Crippen LogP contribution is 2.29. The maximum atomic E-state index is 13.0. The van der Waals surface area contributed by atoms with Gasteiger partial charge in [-0.2, -0.15) is 10.2 Å². The van der Waals surface area contributed by atoms with Crippen LogP contribution in [0.3, 0.4) is 0 Å². The number of pyridine rings is 1. The first-order valence-corrected chi connectivity index (χ1v) is 10.0. The third kappa shape index (κ3) is 2.94. The number of aryl methyl sites for hydroxylation is 1. The average Bonchev–Trinajstić information content (AvgIpc) is 3.34. The number of hydrogen-bond acceptors (Lipinski definition) is 5. The van der Waals surface area contributed by atoms with Gasteiger partial charge >= 0.3 is 0 Å². The van der Waals surface area contributed by atoms with Crippen molar-refractivity contribution in [1.82, 2.24) is 29.4 Å². The molecule has 0 saturated carbocycles. The Morgan fingerprint density at radius 1 is 1.13 bits per heavy atom. The van der Waals surface area contributed by atoms with Crippen molar-refractivity contribution in [2.24, 2.45) is 7.05 Å². The minimum Gasteiger partial charge on any atom is -0.319 e. The molecule has 8 nitrogen and oxygen atoms in total. The van der Waals surface area contributed by atoms with Gasteiger partial charge in [0, 0.05) is 46.6 Å². The summed E-state index contributed by atoms with van der Waals surface area (Å²) in [6.45, 7) is 1.98. The van der Waals surface area contributed by atoms with E-state index in [-0.39, 0.29) is 11.6 Å². The lowest BCUT2D eigenvalue weighted by molar-refractivity contribution is 0.102. The second-order valence-electron chi connectivity index (χ2n) is 6.85. The van der Waals surface area contributed by atoms with Crippen molar-refractivity contribution in [2.45, 2.75) is 6.92 Å². The Balaban J connectivity index is 1.55. The molecule has 0 saturated heterocycles. The third-order valence-corrected chi connectivity index (χ3v) is 5.76. The number of carbonyl (C=O) groups excluding carboxylic acids is 1. The summed E-state index contributed by atoms with van der Waals surface area (Å²) in [5.41, 5.74) is 4.92. The molecule has 0 aliphatic heterocycles. The van der Waals surface area contributed by atoms with Crippen LogP contribution in [0.1, 0.15) is 16.2 Å². The summed E-state index contributed by atoms with van der Waals surface area (Å²) in [6, 6.07) is 11.0. The van der Waals surface area contributed by atoms with E-state index in [4.69, 9.17) is 0 Å². The van der Waals surface area contributed by atoms with E-state index in [9.17, 15) is 4.79 Å². The van der Waals surface area contributed by atoms with Crippen LogP contribution < -0.4 is 5.32 Å². The number of anilines is 1. The molecule has 1 aromatic carbocycles. The summed E-state index contributed by atoms with van der Waals surface area (Å²) in [7, 11) is 1.88. The number of nitrogens with one attached hydrogen (secondary N) is 1. The number of hydrogen-bond donors (Lipinski definition) is 1. The normalized spacial score (nSPS) is 11.3. The second kappa shape index (κ2) is 7.03. The van der Waals surface area contributed by atoms with Gasteiger partial charge in [0.05, 0.1) is 23.1 Å². The Bertz CT molecular complexity index is 1440. The predicted octanol–water partition coefficient (Wildman–Crippen LogP) is 4.00. The van der Waals surface area contributed by atoms with Gasteiger partial charge in [0.1, 0.15) is 0 Å². The molecule has 0 aliphatic carbocycles. The maximum absolute atomic E-state index is 13.0. The second-order valence-corrected chi connectivity index (χ2v) is 7.70. The molecule has 0 aliphatic rings. The van der Waals surface area contributed by atoms with E-state index in [0.717, 1.165) is 26.8 Å². The number of amides is 1. The summed E-state index contributed by atoms with van der Waals surface area (Å²) in [5, 5.41) is 12.6. The highest BCUT2D eigenvalue weighted by molar-refractivity contribution is 9.10. The number of nitrogens with zero attached hydrogens (tertiary/aromatic N) is 6. The van der Waals surface area contributed by atoms with Crippen LogP contribution in [0.4, 0.5) is 5.69 Å². The largest absolute Gasteiger partial charge is 0.319 e. The van der Waals surface area contributed by atoms with Gasteiger partial charge in [-0.15, -0.1) is 0 Å². The summed E-state index contributed by atoms with van der Waals surface area (Å²) in [5.74, 6) is -0.330. The molecule has 0 unspecified atom stereocenters. The lowest BCUT2D eigenvalue weighted by Gasteiger charge is -2.08. The lowest BCUT2D eigenvalue weighted by atomic mass is 10.2. The molecule has 4 heterocycles. The van der Waals surface area contributed by atoms with E-state index in [2.05, 4.69) is 41.4 Å². The topological polar surface area (TPSA) is 90.0 Å². The maximum Gasteiger partial charge on any atom is 0.276 e. The van der Waals surface area contributed by atoms with Crippen LogP contribution >= 0.6 is 15.9 Å². The first-order valence-electron chi connectivity index (χ1n) is 9.21. The van der Waals surface area contributed by atoms with Gasteiger partial charge in [-0.05, 0) is 31.2 Å². The van der Waals surface area contributed by atoms with Gasteiger partial charge in [-0.25, -0.2) is 9.50 Å². The van der Waals surface area contributed by atoms with E-state index in [1.165, 1.54) is 0 Å². The van der Waals surface area contributed by atoms with Crippen LogP contribution in [0.25, 0.3) is 27.8 Å². The van der Waals surface area contributed by atoms with Crippen molar-refractivity contribution in [3.63, 3.8) is 0 Å². The average molecular weight is 462 g/mol. The van der Waals surface area contributed by atoms with Gasteiger partial charge in [-0.1, -0.05) is 22.0 Å². The molecule has 0 bridgehead atoms. The molecular weight excluding hydrogens is 446 g/mol. The van der Waals surface area contributed by atoms with Crippen LogP contribution in [0.15, 0.2) is 59.5 Å². The van der Waals surface area contributed by atoms with Crippen molar-refractivity contribution in [1.29, 1.82) is 0 Å². The van der Waals surface area contributed by atoms with Crippen LogP contribution in [0.2, 0.25) is 0 Å². The van der Waals surface area contributed by atoms with E-state index in [0.29, 0.717) is 16.9 Å².